The molecule has 0 aliphatic rings. The van der Waals surface area contributed by atoms with Gasteiger partial charge in [0.25, 0.3) is 0 Å². The Labute approximate surface area is 155 Å². The zero-order chi connectivity index (χ0) is 19.6. The number of rotatable bonds is 11. The van der Waals surface area contributed by atoms with E-state index in [1.807, 2.05) is 13.8 Å². The van der Waals surface area contributed by atoms with Gasteiger partial charge in [-0.2, -0.15) is 0 Å². The molecular formula is C20H30O6. The van der Waals surface area contributed by atoms with Gasteiger partial charge in [0.2, 0.25) is 0 Å². The number of aromatic hydroxyl groups is 1. The van der Waals surface area contributed by atoms with E-state index in [-0.39, 0.29) is 30.5 Å². The van der Waals surface area contributed by atoms with Crippen LogP contribution in [0.2, 0.25) is 0 Å². The van der Waals surface area contributed by atoms with Crippen LogP contribution in [0.25, 0.3) is 0 Å². The Balaban J connectivity index is 2.31. The lowest BCUT2D eigenvalue weighted by molar-refractivity contribution is -0.158. The Morgan fingerprint density at radius 1 is 1.04 bits per heavy atom. The van der Waals surface area contributed by atoms with Crippen LogP contribution in [0.1, 0.15) is 63.2 Å². The number of benzene rings is 1. The first-order valence-electron chi connectivity index (χ1n) is 9.07. The van der Waals surface area contributed by atoms with Crippen LogP contribution in [0.4, 0.5) is 0 Å². The number of carbonyl (C=O) groups is 2. The molecule has 0 saturated heterocycles. The van der Waals surface area contributed by atoms with E-state index in [0.29, 0.717) is 0 Å². The average Bonchev–Trinajstić information content (AvgIpc) is 2.61. The van der Waals surface area contributed by atoms with Crippen LogP contribution in [0.3, 0.4) is 0 Å². The van der Waals surface area contributed by atoms with E-state index in [4.69, 9.17) is 9.47 Å². The Hall–Kier alpha value is -2.08. The minimum absolute atomic E-state index is 0.0470. The standard InChI is InChI=1S/C20H30O6/c1-4-5-6-7-12-20(2,3)19(24)26-14-17(22)13-25-18(23)15-8-10-16(21)11-9-15/h8-11,17,21-22H,4-7,12-14H2,1-3H3. The van der Waals surface area contributed by atoms with Gasteiger partial charge in [-0.1, -0.05) is 32.6 Å². The number of hydrogen-bond donors (Lipinski definition) is 2. The van der Waals surface area contributed by atoms with Crippen LogP contribution in [0.15, 0.2) is 24.3 Å². The molecule has 2 N–H and O–H groups in total. The van der Waals surface area contributed by atoms with Crippen LogP contribution >= 0.6 is 0 Å². The van der Waals surface area contributed by atoms with Gasteiger partial charge in [0.15, 0.2) is 0 Å². The van der Waals surface area contributed by atoms with Gasteiger partial charge in [0.1, 0.15) is 25.1 Å². The second-order valence-corrected chi connectivity index (χ2v) is 7.09. The summed E-state index contributed by atoms with van der Waals surface area (Å²) >= 11 is 0. The van der Waals surface area contributed by atoms with E-state index in [1.165, 1.54) is 24.3 Å². The molecule has 1 unspecified atom stereocenters. The van der Waals surface area contributed by atoms with Gasteiger partial charge in [0, 0.05) is 0 Å². The number of carbonyl (C=O) groups excluding carboxylic acids is 2. The summed E-state index contributed by atoms with van der Waals surface area (Å²) in [6, 6.07) is 5.59. The fourth-order valence-electron chi connectivity index (χ4n) is 2.36. The van der Waals surface area contributed by atoms with Crippen molar-refractivity contribution in [3.8, 4) is 5.75 Å². The number of ether oxygens (including phenoxy) is 2. The van der Waals surface area contributed by atoms with Crippen LogP contribution in [0, 0.1) is 5.41 Å². The summed E-state index contributed by atoms with van der Waals surface area (Å²) in [7, 11) is 0. The molecule has 0 aliphatic carbocycles. The molecule has 0 spiro atoms. The van der Waals surface area contributed by atoms with Gasteiger partial charge in [-0.15, -0.1) is 0 Å². The van der Waals surface area contributed by atoms with Crippen molar-refractivity contribution in [3.05, 3.63) is 29.8 Å². The maximum atomic E-state index is 12.2. The Kier molecular flexibility index (Phi) is 9.13. The van der Waals surface area contributed by atoms with E-state index in [2.05, 4.69) is 6.92 Å². The van der Waals surface area contributed by atoms with E-state index >= 15 is 0 Å². The largest absolute Gasteiger partial charge is 0.508 e. The van der Waals surface area contributed by atoms with Crippen molar-refractivity contribution in [2.24, 2.45) is 5.41 Å². The van der Waals surface area contributed by atoms with E-state index < -0.39 is 17.5 Å². The zero-order valence-electron chi connectivity index (χ0n) is 15.9. The van der Waals surface area contributed by atoms with Crippen molar-refractivity contribution in [2.75, 3.05) is 13.2 Å². The second-order valence-electron chi connectivity index (χ2n) is 7.09. The molecule has 6 heteroatoms. The fraction of sp³-hybridized carbons (Fsp3) is 0.600. The normalized spacial score (nSPS) is 12.5. The topological polar surface area (TPSA) is 93.1 Å². The lowest BCUT2D eigenvalue weighted by Gasteiger charge is -2.23. The molecule has 0 aliphatic heterocycles. The molecule has 26 heavy (non-hydrogen) atoms. The third-order valence-electron chi connectivity index (χ3n) is 4.12. The van der Waals surface area contributed by atoms with Crippen molar-refractivity contribution in [1.29, 1.82) is 0 Å². The molecule has 1 aromatic rings. The van der Waals surface area contributed by atoms with Gasteiger partial charge in [-0.05, 0) is 44.5 Å². The van der Waals surface area contributed by atoms with Crippen molar-refractivity contribution in [2.45, 2.75) is 59.0 Å². The number of phenolic OH excluding ortho intramolecular Hbond substituents is 1. The Morgan fingerprint density at radius 2 is 1.65 bits per heavy atom. The maximum absolute atomic E-state index is 12.2. The number of phenols is 1. The Morgan fingerprint density at radius 3 is 2.27 bits per heavy atom. The zero-order valence-corrected chi connectivity index (χ0v) is 15.9. The first-order chi connectivity index (χ1) is 12.3. The second kappa shape index (κ2) is 10.8. The summed E-state index contributed by atoms with van der Waals surface area (Å²) in [4.78, 5) is 24.0. The molecule has 0 amide bonds. The molecule has 1 rings (SSSR count). The SMILES string of the molecule is CCCCCCC(C)(C)C(=O)OCC(O)COC(=O)c1ccc(O)cc1. The smallest absolute Gasteiger partial charge is 0.338 e. The lowest BCUT2D eigenvalue weighted by atomic mass is 9.87. The number of aliphatic hydroxyl groups is 1. The highest BCUT2D eigenvalue weighted by Crippen LogP contribution is 2.25. The molecule has 6 nitrogen and oxygen atoms in total. The van der Waals surface area contributed by atoms with Crippen molar-refractivity contribution in [1.82, 2.24) is 0 Å². The minimum atomic E-state index is -1.09. The maximum Gasteiger partial charge on any atom is 0.338 e. The first-order valence-corrected chi connectivity index (χ1v) is 9.07. The van der Waals surface area contributed by atoms with Gasteiger partial charge in [0.05, 0.1) is 11.0 Å². The number of esters is 2. The molecule has 1 atom stereocenters. The Bertz CT molecular complexity index is 564. The third-order valence-corrected chi connectivity index (χ3v) is 4.12. The first kappa shape index (κ1) is 22.0. The molecule has 0 fully saturated rings. The lowest BCUT2D eigenvalue weighted by Crippen LogP contribution is -2.31. The van der Waals surface area contributed by atoms with E-state index in [0.717, 1.165) is 32.1 Å². The summed E-state index contributed by atoms with van der Waals surface area (Å²) in [6.07, 6.45) is 3.98. The summed E-state index contributed by atoms with van der Waals surface area (Å²) < 4.78 is 10.1. The van der Waals surface area contributed by atoms with Gasteiger partial charge in [-0.25, -0.2) is 4.79 Å². The fourth-order valence-corrected chi connectivity index (χ4v) is 2.36. The number of hydrogen-bond acceptors (Lipinski definition) is 6. The molecule has 0 saturated carbocycles. The monoisotopic (exact) mass is 366 g/mol. The molecule has 0 bridgehead atoms. The van der Waals surface area contributed by atoms with Crippen molar-refractivity contribution < 1.29 is 29.3 Å². The molecule has 146 valence electrons. The third kappa shape index (κ3) is 7.87. The summed E-state index contributed by atoms with van der Waals surface area (Å²) in [6.45, 7) is 5.30. The average molecular weight is 366 g/mol. The molecule has 0 radical (unpaired) electrons. The molecule has 1 aromatic carbocycles. The summed E-state index contributed by atoms with van der Waals surface area (Å²) in [5.41, 5.74) is -0.337. The quantitative estimate of drug-likeness (QED) is 0.460. The van der Waals surface area contributed by atoms with E-state index in [1.54, 1.807) is 0 Å². The molecule has 0 heterocycles. The van der Waals surface area contributed by atoms with Gasteiger partial charge in [-0.3, -0.25) is 4.79 Å². The van der Waals surface area contributed by atoms with Crippen LogP contribution < -0.4 is 0 Å². The van der Waals surface area contributed by atoms with Crippen LogP contribution in [-0.4, -0.2) is 41.5 Å². The van der Waals surface area contributed by atoms with Crippen molar-refractivity contribution >= 4 is 11.9 Å². The number of unbranched alkanes of at least 4 members (excludes halogenated alkanes) is 3. The highest BCUT2D eigenvalue weighted by atomic mass is 16.6. The molecular weight excluding hydrogens is 336 g/mol. The predicted molar refractivity (Wildman–Crippen MR) is 97.9 cm³/mol. The van der Waals surface area contributed by atoms with Crippen molar-refractivity contribution in [3.63, 3.8) is 0 Å². The summed E-state index contributed by atoms with van der Waals surface area (Å²) in [5, 5.41) is 19.0. The molecule has 0 aromatic heterocycles. The van der Waals surface area contributed by atoms with Gasteiger partial charge >= 0.3 is 11.9 Å². The number of aliphatic hydroxyl groups excluding tert-OH is 1. The summed E-state index contributed by atoms with van der Waals surface area (Å²) in [5.74, 6) is -0.935. The van der Waals surface area contributed by atoms with Crippen LogP contribution in [-0.2, 0) is 14.3 Å². The predicted octanol–water partition coefficient (Wildman–Crippen LogP) is 3.45. The highest BCUT2D eigenvalue weighted by Gasteiger charge is 2.29. The highest BCUT2D eigenvalue weighted by molar-refractivity contribution is 5.89. The van der Waals surface area contributed by atoms with Crippen LogP contribution in [0.5, 0.6) is 5.75 Å². The van der Waals surface area contributed by atoms with E-state index in [9.17, 15) is 19.8 Å². The minimum Gasteiger partial charge on any atom is -0.508 e. The van der Waals surface area contributed by atoms with Gasteiger partial charge < -0.3 is 19.7 Å².